The molecule has 16 heavy (non-hydrogen) atoms. The van der Waals surface area contributed by atoms with Gasteiger partial charge in [0, 0.05) is 7.11 Å². The molecule has 0 bridgehead atoms. The van der Waals surface area contributed by atoms with E-state index < -0.39 is 0 Å². The molecule has 0 saturated heterocycles. The Hall–Kier alpha value is -1.01. The molecule has 0 aliphatic heterocycles. The number of hydrogen-bond donors (Lipinski definition) is 1. The number of nitrogens with one attached hydrogen (secondary N) is 1. The number of nitrogens with zero attached hydrogens (tertiary/aromatic N) is 4. The molecule has 1 atom stereocenters. The summed E-state index contributed by atoms with van der Waals surface area (Å²) in [5.41, 5.74) is 0. The van der Waals surface area contributed by atoms with Gasteiger partial charge in [-0.3, -0.25) is 0 Å². The SMILES string of the molecule is COCC(C)n1nnnc1CNCC(C)C. The molecule has 0 fully saturated rings. The van der Waals surface area contributed by atoms with E-state index in [1.807, 2.05) is 6.92 Å². The maximum absolute atomic E-state index is 5.09. The van der Waals surface area contributed by atoms with E-state index in [-0.39, 0.29) is 6.04 Å². The van der Waals surface area contributed by atoms with Gasteiger partial charge >= 0.3 is 0 Å². The lowest BCUT2D eigenvalue weighted by Crippen LogP contribution is -2.23. The number of ether oxygens (including phenoxy) is 1. The molecule has 1 aromatic heterocycles. The second-order valence-electron chi connectivity index (χ2n) is 4.37. The van der Waals surface area contributed by atoms with Gasteiger partial charge in [0.2, 0.25) is 0 Å². The Kier molecular flexibility index (Phi) is 5.34. The van der Waals surface area contributed by atoms with Crippen LogP contribution in [0.25, 0.3) is 0 Å². The van der Waals surface area contributed by atoms with Crippen LogP contribution in [0.2, 0.25) is 0 Å². The molecule has 0 aliphatic rings. The summed E-state index contributed by atoms with van der Waals surface area (Å²) >= 11 is 0. The van der Waals surface area contributed by atoms with Gasteiger partial charge in [0.15, 0.2) is 5.82 Å². The fourth-order valence-corrected chi connectivity index (χ4v) is 1.46. The highest BCUT2D eigenvalue weighted by molar-refractivity contribution is 4.82. The van der Waals surface area contributed by atoms with E-state index in [2.05, 4.69) is 34.7 Å². The Morgan fingerprint density at radius 1 is 1.38 bits per heavy atom. The third kappa shape index (κ3) is 3.86. The van der Waals surface area contributed by atoms with E-state index in [0.717, 1.165) is 12.4 Å². The Morgan fingerprint density at radius 2 is 2.12 bits per heavy atom. The average molecular weight is 227 g/mol. The van der Waals surface area contributed by atoms with Crippen LogP contribution < -0.4 is 5.32 Å². The van der Waals surface area contributed by atoms with E-state index in [1.54, 1.807) is 11.8 Å². The summed E-state index contributed by atoms with van der Waals surface area (Å²) in [7, 11) is 1.68. The van der Waals surface area contributed by atoms with E-state index >= 15 is 0 Å². The number of aromatic nitrogens is 4. The zero-order chi connectivity index (χ0) is 12.0. The van der Waals surface area contributed by atoms with Gasteiger partial charge in [0.25, 0.3) is 0 Å². The van der Waals surface area contributed by atoms with Crippen molar-refractivity contribution in [1.29, 1.82) is 0 Å². The Balaban J connectivity index is 2.50. The average Bonchev–Trinajstić information content (AvgIpc) is 2.66. The Labute approximate surface area is 96.4 Å². The smallest absolute Gasteiger partial charge is 0.165 e. The minimum Gasteiger partial charge on any atom is -0.382 e. The summed E-state index contributed by atoms with van der Waals surface area (Å²) in [6, 6.07) is 0.163. The number of tetrazole rings is 1. The molecule has 0 spiro atoms. The highest BCUT2D eigenvalue weighted by Crippen LogP contribution is 2.05. The number of rotatable bonds is 7. The molecule has 0 amide bonds. The summed E-state index contributed by atoms with van der Waals surface area (Å²) in [4.78, 5) is 0. The molecule has 1 N–H and O–H groups in total. The van der Waals surface area contributed by atoms with Crippen molar-refractivity contribution in [2.45, 2.75) is 33.4 Å². The van der Waals surface area contributed by atoms with Crippen molar-refractivity contribution >= 4 is 0 Å². The van der Waals surface area contributed by atoms with Crippen LogP contribution in [0.3, 0.4) is 0 Å². The fourth-order valence-electron chi connectivity index (χ4n) is 1.46. The first-order valence-corrected chi connectivity index (χ1v) is 5.61. The van der Waals surface area contributed by atoms with Crippen molar-refractivity contribution in [2.75, 3.05) is 20.3 Å². The van der Waals surface area contributed by atoms with E-state index in [1.165, 1.54) is 0 Å². The molecule has 1 rings (SSSR count). The third-order valence-corrected chi connectivity index (χ3v) is 2.22. The van der Waals surface area contributed by atoms with Crippen LogP contribution in [0.1, 0.15) is 32.6 Å². The van der Waals surface area contributed by atoms with Crippen LogP contribution in [0.5, 0.6) is 0 Å². The third-order valence-electron chi connectivity index (χ3n) is 2.22. The first kappa shape index (κ1) is 13.1. The molecule has 1 aromatic rings. The standard InChI is InChI=1S/C10H21N5O/c1-8(2)5-11-6-10-12-13-14-15(10)9(3)7-16-4/h8-9,11H,5-7H2,1-4H3. The van der Waals surface area contributed by atoms with Gasteiger partial charge in [-0.15, -0.1) is 5.10 Å². The van der Waals surface area contributed by atoms with Gasteiger partial charge in [-0.1, -0.05) is 13.8 Å². The Morgan fingerprint density at radius 3 is 2.75 bits per heavy atom. The predicted octanol–water partition coefficient (Wildman–Crippen LogP) is 0.626. The van der Waals surface area contributed by atoms with Crippen molar-refractivity contribution < 1.29 is 4.74 Å². The van der Waals surface area contributed by atoms with Crippen LogP contribution in [0.15, 0.2) is 0 Å². The van der Waals surface area contributed by atoms with Gasteiger partial charge in [0.1, 0.15) is 0 Å². The molecule has 1 heterocycles. The minimum atomic E-state index is 0.163. The summed E-state index contributed by atoms with van der Waals surface area (Å²) in [6.45, 7) is 8.64. The topological polar surface area (TPSA) is 64.9 Å². The first-order chi connectivity index (χ1) is 7.65. The zero-order valence-electron chi connectivity index (χ0n) is 10.5. The van der Waals surface area contributed by atoms with Crippen molar-refractivity contribution in [3.05, 3.63) is 5.82 Å². The lowest BCUT2D eigenvalue weighted by Gasteiger charge is -2.13. The van der Waals surface area contributed by atoms with Crippen LogP contribution in [-0.4, -0.2) is 40.5 Å². The van der Waals surface area contributed by atoms with Crippen LogP contribution in [-0.2, 0) is 11.3 Å². The van der Waals surface area contributed by atoms with Crippen molar-refractivity contribution in [2.24, 2.45) is 5.92 Å². The summed E-state index contributed by atoms with van der Waals surface area (Å²) in [5.74, 6) is 1.48. The zero-order valence-corrected chi connectivity index (χ0v) is 10.5. The predicted molar refractivity (Wildman–Crippen MR) is 60.9 cm³/mol. The lowest BCUT2D eigenvalue weighted by atomic mass is 10.2. The monoisotopic (exact) mass is 227 g/mol. The van der Waals surface area contributed by atoms with Crippen LogP contribution in [0, 0.1) is 5.92 Å². The highest BCUT2D eigenvalue weighted by Gasteiger charge is 2.12. The Bertz CT molecular complexity index is 299. The second-order valence-corrected chi connectivity index (χ2v) is 4.37. The molecule has 6 nitrogen and oxygen atoms in total. The first-order valence-electron chi connectivity index (χ1n) is 5.61. The summed E-state index contributed by atoms with van der Waals surface area (Å²) in [5, 5.41) is 15.0. The quantitative estimate of drug-likeness (QED) is 0.740. The van der Waals surface area contributed by atoms with Gasteiger partial charge in [-0.25, -0.2) is 4.68 Å². The maximum Gasteiger partial charge on any atom is 0.165 e. The summed E-state index contributed by atoms with van der Waals surface area (Å²) < 4.78 is 6.89. The van der Waals surface area contributed by atoms with E-state index in [4.69, 9.17) is 4.74 Å². The molecular weight excluding hydrogens is 206 g/mol. The molecule has 1 unspecified atom stereocenters. The van der Waals surface area contributed by atoms with Crippen molar-refractivity contribution in [1.82, 2.24) is 25.5 Å². The van der Waals surface area contributed by atoms with E-state index in [9.17, 15) is 0 Å². The number of methoxy groups -OCH3 is 1. The van der Waals surface area contributed by atoms with Gasteiger partial charge in [0.05, 0.1) is 19.2 Å². The second kappa shape index (κ2) is 6.55. The van der Waals surface area contributed by atoms with Crippen molar-refractivity contribution in [3.63, 3.8) is 0 Å². The minimum absolute atomic E-state index is 0.163. The highest BCUT2D eigenvalue weighted by atomic mass is 16.5. The molecule has 0 saturated carbocycles. The largest absolute Gasteiger partial charge is 0.382 e. The molecule has 0 aliphatic carbocycles. The van der Waals surface area contributed by atoms with Gasteiger partial charge < -0.3 is 10.1 Å². The van der Waals surface area contributed by atoms with Gasteiger partial charge in [-0.2, -0.15) is 0 Å². The molecule has 92 valence electrons. The van der Waals surface area contributed by atoms with Crippen LogP contribution >= 0.6 is 0 Å². The maximum atomic E-state index is 5.09. The van der Waals surface area contributed by atoms with E-state index in [0.29, 0.717) is 19.1 Å². The number of hydrogen-bond acceptors (Lipinski definition) is 5. The van der Waals surface area contributed by atoms with Crippen molar-refractivity contribution in [3.8, 4) is 0 Å². The normalized spacial score (nSPS) is 13.3. The molecule has 6 heteroatoms. The van der Waals surface area contributed by atoms with Gasteiger partial charge in [-0.05, 0) is 29.8 Å². The fraction of sp³-hybridized carbons (Fsp3) is 0.900. The lowest BCUT2D eigenvalue weighted by molar-refractivity contribution is 0.154. The van der Waals surface area contributed by atoms with Crippen LogP contribution in [0.4, 0.5) is 0 Å². The molecule has 0 radical (unpaired) electrons. The molecule has 0 aromatic carbocycles. The summed E-state index contributed by atoms with van der Waals surface area (Å²) in [6.07, 6.45) is 0. The molecular formula is C10H21N5O.